The zero-order valence-corrected chi connectivity index (χ0v) is 13.3. The lowest BCUT2D eigenvalue weighted by atomic mass is 9.82. The van der Waals surface area contributed by atoms with Crippen molar-refractivity contribution in [3.63, 3.8) is 0 Å². The lowest BCUT2D eigenvalue weighted by molar-refractivity contribution is 0.0977. The summed E-state index contributed by atoms with van der Waals surface area (Å²) in [5.41, 5.74) is 6.39. The molecule has 2 aromatic carbocycles. The second-order valence-corrected chi connectivity index (χ2v) is 5.37. The van der Waals surface area contributed by atoms with Gasteiger partial charge in [0.05, 0.1) is 16.8 Å². The Hall–Kier alpha value is -3.60. The van der Waals surface area contributed by atoms with E-state index in [9.17, 15) is 14.7 Å². The fourth-order valence-electron chi connectivity index (χ4n) is 2.75. The van der Waals surface area contributed by atoms with Gasteiger partial charge in [0.15, 0.2) is 17.3 Å². The van der Waals surface area contributed by atoms with Crippen LogP contribution < -0.4 is 10.5 Å². The van der Waals surface area contributed by atoms with E-state index in [1.165, 1.54) is 18.2 Å². The van der Waals surface area contributed by atoms with Gasteiger partial charge in [-0.05, 0) is 12.2 Å². The van der Waals surface area contributed by atoms with Gasteiger partial charge in [0.2, 0.25) is 0 Å². The van der Waals surface area contributed by atoms with Crippen LogP contribution in [-0.4, -0.2) is 16.7 Å². The van der Waals surface area contributed by atoms with Gasteiger partial charge in [0.25, 0.3) is 0 Å². The molecule has 3 N–H and O–H groups in total. The van der Waals surface area contributed by atoms with Gasteiger partial charge in [-0.3, -0.25) is 9.59 Å². The summed E-state index contributed by atoms with van der Waals surface area (Å²) < 4.78 is 5.58. The van der Waals surface area contributed by atoms with Crippen molar-refractivity contribution in [1.29, 1.82) is 0 Å². The molecule has 0 saturated carbocycles. The van der Waals surface area contributed by atoms with Crippen LogP contribution >= 0.6 is 0 Å². The Kier molecular flexibility index (Phi) is 3.99. The van der Waals surface area contributed by atoms with Crippen molar-refractivity contribution in [2.45, 2.75) is 0 Å². The van der Waals surface area contributed by atoms with E-state index in [2.05, 4.69) is 13.2 Å². The third kappa shape index (κ3) is 2.52. The zero-order valence-electron chi connectivity index (χ0n) is 13.3. The number of hydrogen-bond acceptors (Lipinski definition) is 5. The van der Waals surface area contributed by atoms with Crippen molar-refractivity contribution < 1.29 is 19.4 Å². The molecule has 124 valence electrons. The Morgan fingerprint density at radius 3 is 2.24 bits per heavy atom. The zero-order chi connectivity index (χ0) is 18.1. The lowest BCUT2D eigenvalue weighted by Gasteiger charge is -2.21. The van der Waals surface area contributed by atoms with Crippen molar-refractivity contribution in [3.8, 4) is 11.5 Å². The fourth-order valence-corrected chi connectivity index (χ4v) is 2.75. The number of hydrogen-bond donors (Lipinski definition) is 2. The predicted octanol–water partition coefficient (Wildman–Crippen LogP) is 3.38. The topological polar surface area (TPSA) is 89.6 Å². The number of ether oxygens (including phenoxy) is 1. The lowest BCUT2D eigenvalue weighted by Crippen LogP contribution is -2.22. The number of rotatable bonds is 4. The molecule has 0 unspecified atom stereocenters. The van der Waals surface area contributed by atoms with Crippen molar-refractivity contribution in [1.82, 2.24) is 0 Å². The highest BCUT2D eigenvalue weighted by atomic mass is 16.5. The normalized spacial score (nSPS) is 13.0. The number of carbonyl (C=O) groups excluding carboxylic acids is 2. The number of nitrogens with two attached hydrogens (primary N) is 1. The molecule has 0 aromatic heterocycles. The highest BCUT2D eigenvalue weighted by Crippen LogP contribution is 2.41. The van der Waals surface area contributed by atoms with Crippen LogP contribution in [0.15, 0.2) is 67.5 Å². The molecular formula is C20H15NO4. The van der Waals surface area contributed by atoms with Gasteiger partial charge < -0.3 is 15.6 Å². The van der Waals surface area contributed by atoms with E-state index in [0.717, 1.165) is 0 Å². The Morgan fingerprint density at radius 1 is 1.08 bits per heavy atom. The van der Waals surface area contributed by atoms with Gasteiger partial charge in [-0.2, -0.15) is 0 Å². The molecule has 0 atom stereocenters. The molecule has 3 rings (SSSR count). The average Bonchev–Trinajstić information content (AvgIpc) is 2.61. The summed E-state index contributed by atoms with van der Waals surface area (Å²) in [4.78, 5) is 25.5. The molecule has 5 heteroatoms. The van der Waals surface area contributed by atoms with E-state index in [-0.39, 0.29) is 39.4 Å². The van der Waals surface area contributed by atoms with E-state index >= 15 is 0 Å². The average molecular weight is 333 g/mol. The first-order valence-electron chi connectivity index (χ1n) is 7.46. The van der Waals surface area contributed by atoms with Crippen molar-refractivity contribution in [2.24, 2.45) is 0 Å². The number of allylic oxidation sites excluding steroid dienone is 3. The van der Waals surface area contributed by atoms with Gasteiger partial charge >= 0.3 is 0 Å². The smallest absolute Gasteiger partial charge is 0.198 e. The molecule has 0 bridgehead atoms. The van der Waals surface area contributed by atoms with E-state index < -0.39 is 11.6 Å². The molecule has 1 aliphatic carbocycles. The first-order chi connectivity index (χ1) is 12.0. The van der Waals surface area contributed by atoms with Crippen LogP contribution in [0.1, 0.15) is 31.8 Å². The van der Waals surface area contributed by atoms with Crippen LogP contribution in [0, 0.1) is 0 Å². The van der Waals surface area contributed by atoms with Gasteiger partial charge in [0, 0.05) is 17.2 Å². The first-order valence-corrected chi connectivity index (χ1v) is 7.46. The second kappa shape index (κ2) is 6.13. The number of phenolic OH excluding ortho intramolecular Hbond substituents is 1. The number of anilines is 1. The monoisotopic (exact) mass is 333 g/mol. The quantitative estimate of drug-likeness (QED) is 0.331. The van der Waals surface area contributed by atoms with Crippen LogP contribution in [0.2, 0.25) is 0 Å². The minimum absolute atomic E-state index is 0.0162. The molecule has 0 saturated heterocycles. The Labute approximate surface area is 144 Å². The second-order valence-electron chi connectivity index (χ2n) is 5.37. The number of ketones is 2. The number of benzene rings is 2. The van der Waals surface area contributed by atoms with Crippen LogP contribution in [-0.2, 0) is 0 Å². The van der Waals surface area contributed by atoms with Gasteiger partial charge in [-0.15, -0.1) is 0 Å². The Morgan fingerprint density at radius 2 is 1.68 bits per heavy atom. The van der Waals surface area contributed by atoms with Crippen molar-refractivity contribution >= 4 is 17.3 Å². The number of phenols is 1. The SMILES string of the molecule is C=C/C=C(\C=C)Oc1cc(O)c2c(c1N)C(=O)c1ccccc1C2=O. The molecule has 5 nitrogen and oxygen atoms in total. The summed E-state index contributed by atoms with van der Waals surface area (Å²) in [6.07, 6.45) is 4.47. The van der Waals surface area contributed by atoms with E-state index in [4.69, 9.17) is 10.5 Å². The summed E-state index contributed by atoms with van der Waals surface area (Å²) in [6.45, 7) is 7.17. The third-order valence-corrected chi connectivity index (χ3v) is 3.89. The van der Waals surface area contributed by atoms with Crippen molar-refractivity contribution in [2.75, 3.05) is 5.73 Å². The van der Waals surface area contributed by atoms with Crippen LogP contribution in [0.5, 0.6) is 11.5 Å². The first kappa shape index (κ1) is 16.3. The Balaban J connectivity index is 2.21. The molecule has 0 amide bonds. The number of aromatic hydroxyl groups is 1. The summed E-state index contributed by atoms with van der Waals surface area (Å²) in [6, 6.07) is 7.63. The Bertz CT molecular complexity index is 970. The fraction of sp³-hybridized carbons (Fsp3) is 0. The molecule has 1 aliphatic rings. The minimum Gasteiger partial charge on any atom is -0.507 e. The largest absolute Gasteiger partial charge is 0.507 e. The van der Waals surface area contributed by atoms with Crippen molar-refractivity contribution in [3.05, 3.63) is 89.7 Å². The maximum Gasteiger partial charge on any atom is 0.198 e. The predicted molar refractivity (Wildman–Crippen MR) is 94.9 cm³/mol. The van der Waals surface area contributed by atoms with E-state index in [1.54, 1.807) is 30.3 Å². The standard InChI is InChI=1S/C20H15NO4/c1-3-7-11(4-2)25-15-10-14(22)16-17(18(15)21)20(24)13-9-6-5-8-12(13)19(16)23/h3-10,22H,1-2,21H2/b11-7+. The maximum absolute atomic E-state index is 12.8. The summed E-state index contributed by atoms with van der Waals surface area (Å²) in [7, 11) is 0. The van der Waals surface area contributed by atoms with Crippen LogP contribution in [0.4, 0.5) is 5.69 Å². The van der Waals surface area contributed by atoms with Crippen LogP contribution in [0.25, 0.3) is 0 Å². The highest BCUT2D eigenvalue weighted by molar-refractivity contribution is 6.31. The minimum atomic E-state index is -0.452. The maximum atomic E-state index is 12.8. The number of fused-ring (bicyclic) bond motifs is 2. The van der Waals surface area contributed by atoms with Crippen LogP contribution in [0.3, 0.4) is 0 Å². The molecular weight excluding hydrogens is 318 g/mol. The number of carbonyl (C=O) groups is 2. The van der Waals surface area contributed by atoms with Gasteiger partial charge in [-0.25, -0.2) is 0 Å². The van der Waals surface area contributed by atoms with E-state index in [1.807, 2.05) is 0 Å². The van der Waals surface area contributed by atoms with Gasteiger partial charge in [-0.1, -0.05) is 43.5 Å². The molecule has 25 heavy (non-hydrogen) atoms. The number of nitrogen functional groups attached to an aromatic ring is 1. The molecule has 2 aromatic rings. The summed E-state index contributed by atoms with van der Waals surface area (Å²) >= 11 is 0. The third-order valence-electron chi connectivity index (χ3n) is 3.89. The van der Waals surface area contributed by atoms with E-state index in [0.29, 0.717) is 5.76 Å². The summed E-state index contributed by atoms with van der Waals surface area (Å²) in [5, 5.41) is 10.3. The molecule has 0 fully saturated rings. The molecule has 0 heterocycles. The molecule has 0 radical (unpaired) electrons. The molecule has 0 spiro atoms. The molecule has 0 aliphatic heterocycles. The van der Waals surface area contributed by atoms with Gasteiger partial charge in [0.1, 0.15) is 11.5 Å². The summed E-state index contributed by atoms with van der Waals surface area (Å²) in [5.74, 6) is -0.863. The highest BCUT2D eigenvalue weighted by Gasteiger charge is 2.35.